The lowest BCUT2D eigenvalue weighted by Gasteiger charge is -2.30. The van der Waals surface area contributed by atoms with Gasteiger partial charge >= 0.3 is 0 Å². The van der Waals surface area contributed by atoms with Crippen LogP contribution in [0.2, 0.25) is 5.02 Å². The Hall–Kier alpha value is -2.60. The summed E-state index contributed by atoms with van der Waals surface area (Å²) in [5, 5.41) is 3.50. The summed E-state index contributed by atoms with van der Waals surface area (Å²) in [5.74, 6) is -0.232. The fourth-order valence-electron chi connectivity index (χ4n) is 2.89. The van der Waals surface area contributed by atoms with E-state index < -0.39 is 6.04 Å². The summed E-state index contributed by atoms with van der Waals surface area (Å²) in [5.41, 5.74) is 0.852. The lowest BCUT2D eigenvalue weighted by atomic mass is 10.1. The van der Waals surface area contributed by atoms with E-state index in [0.29, 0.717) is 29.7 Å². The Bertz CT molecular complexity index is 825. The van der Waals surface area contributed by atoms with Crippen molar-refractivity contribution in [3.63, 3.8) is 0 Å². The summed E-state index contributed by atoms with van der Waals surface area (Å²) in [6.07, 6.45) is 0.458. The molecule has 0 bridgehead atoms. The van der Waals surface area contributed by atoms with Gasteiger partial charge in [-0.1, -0.05) is 44.5 Å². The number of nitrogens with zero attached hydrogens (tertiary/aromatic N) is 1. The average Bonchev–Trinajstić information content (AvgIpc) is 2.72. The number of amides is 2. The van der Waals surface area contributed by atoms with Crippen LogP contribution in [0.3, 0.4) is 0 Å². The number of halogens is 2. The highest BCUT2D eigenvalue weighted by Gasteiger charge is 2.29. The number of carbonyl (C=O) groups is 2. The second kappa shape index (κ2) is 11.6. The van der Waals surface area contributed by atoms with Gasteiger partial charge in [0.15, 0.2) is 6.61 Å². The molecule has 0 aliphatic rings. The van der Waals surface area contributed by atoms with Gasteiger partial charge in [-0.3, -0.25) is 9.59 Å². The molecular formula is C23H28ClFN2O3. The van der Waals surface area contributed by atoms with E-state index in [2.05, 4.69) is 5.32 Å². The minimum Gasteiger partial charge on any atom is -0.484 e. The van der Waals surface area contributed by atoms with Crippen molar-refractivity contribution >= 4 is 23.4 Å². The molecule has 0 aliphatic heterocycles. The largest absolute Gasteiger partial charge is 0.484 e. The first-order valence-corrected chi connectivity index (χ1v) is 10.4. The van der Waals surface area contributed by atoms with Crippen molar-refractivity contribution in [1.82, 2.24) is 10.2 Å². The maximum Gasteiger partial charge on any atom is 0.261 e. The molecule has 0 aliphatic carbocycles. The number of ether oxygens (including phenoxy) is 1. The molecule has 7 heteroatoms. The fourth-order valence-corrected chi connectivity index (χ4v) is 3.01. The molecule has 0 saturated carbocycles. The highest BCUT2D eigenvalue weighted by atomic mass is 35.5. The van der Waals surface area contributed by atoms with Gasteiger partial charge in [-0.25, -0.2) is 4.39 Å². The fraction of sp³-hybridized carbons (Fsp3) is 0.391. The molecule has 1 N–H and O–H groups in total. The average molecular weight is 435 g/mol. The molecule has 162 valence electrons. The number of carbonyl (C=O) groups excluding carboxylic acids is 2. The topological polar surface area (TPSA) is 58.6 Å². The molecule has 0 radical (unpaired) electrons. The van der Waals surface area contributed by atoms with Gasteiger partial charge < -0.3 is 15.0 Å². The Morgan fingerprint density at radius 1 is 1.10 bits per heavy atom. The second-order valence-electron chi connectivity index (χ2n) is 7.45. The number of rotatable bonds is 10. The van der Waals surface area contributed by atoms with Crippen LogP contribution in [0, 0.1) is 11.7 Å². The molecule has 0 saturated heterocycles. The Morgan fingerprint density at radius 2 is 1.73 bits per heavy atom. The predicted octanol–water partition coefficient (Wildman–Crippen LogP) is 4.44. The van der Waals surface area contributed by atoms with Crippen LogP contribution >= 0.6 is 11.6 Å². The van der Waals surface area contributed by atoms with Crippen molar-refractivity contribution in [2.24, 2.45) is 5.92 Å². The van der Waals surface area contributed by atoms with Crippen LogP contribution in [-0.2, 0) is 16.1 Å². The van der Waals surface area contributed by atoms with Crippen molar-refractivity contribution in [2.45, 2.75) is 39.8 Å². The third kappa shape index (κ3) is 7.34. The van der Waals surface area contributed by atoms with E-state index in [1.54, 1.807) is 12.1 Å². The summed E-state index contributed by atoms with van der Waals surface area (Å²) in [6.45, 7) is 6.40. The standard InChI is InChI=1S/C23H28ClFN2O3/c1-4-21(23(29)26-13-16(2)3)27(14-17-5-7-18(24)8-6-17)22(28)15-30-20-11-9-19(25)10-12-20/h5-12,16,21H,4,13-15H2,1-3H3,(H,26,29)/t21-/m1/s1. The van der Waals surface area contributed by atoms with Gasteiger partial charge in [-0.15, -0.1) is 0 Å². The van der Waals surface area contributed by atoms with Gasteiger partial charge in [-0.2, -0.15) is 0 Å². The molecule has 0 fully saturated rings. The Balaban J connectivity index is 2.17. The molecule has 1 atom stereocenters. The van der Waals surface area contributed by atoms with Crippen LogP contribution in [0.4, 0.5) is 4.39 Å². The molecule has 2 rings (SSSR count). The van der Waals surface area contributed by atoms with Crippen molar-refractivity contribution in [1.29, 1.82) is 0 Å². The highest BCUT2D eigenvalue weighted by molar-refractivity contribution is 6.30. The first kappa shape index (κ1) is 23.7. The van der Waals surface area contributed by atoms with E-state index in [9.17, 15) is 14.0 Å². The number of hydrogen-bond acceptors (Lipinski definition) is 3. The normalized spacial score (nSPS) is 11.8. The van der Waals surface area contributed by atoms with E-state index in [-0.39, 0.29) is 30.8 Å². The monoisotopic (exact) mass is 434 g/mol. The SMILES string of the molecule is CC[C@H](C(=O)NCC(C)C)N(Cc1ccc(Cl)cc1)C(=O)COc1ccc(F)cc1. The van der Waals surface area contributed by atoms with Gasteiger partial charge in [0.2, 0.25) is 5.91 Å². The van der Waals surface area contributed by atoms with Crippen molar-refractivity contribution in [2.75, 3.05) is 13.2 Å². The first-order chi connectivity index (χ1) is 14.3. The lowest BCUT2D eigenvalue weighted by Crippen LogP contribution is -2.50. The molecule has 0 spiro atoms. The molecular weight excluding hydrogens is 407 g/mol. The molecule has 30 heavy (non-hydrogen) atoms. The Labute approximate surface area is 182 Å². The number of benzene rings is 2. The quantitative estimate of drug-likeness (QED) is 0.601. The second-order valence-corrected chi connectivity index (χ2v) is 7.89. The van der Waals surface area contributed by atoms with Crippen LogP contribution in [0.1, 0.15) is 32.8 Å². The van der Waals surface area contributed by atoms with Crippen LogP contribution in [-0.4, -0.2) is 35.9 Å². The predicted molar refractivity (Wildman–Crippen MR) is 116 cm³/mol. The molecule has 2 aromatic carbocycles. The summed E-state index contributed by atoms with van der Waals surface area (Å²) in [6, 6.07) is 11.9. The maximum atomic E-state index is 13.1. The Kier molecular flexibility index (Phi) is 9.12. The molecule has 0 aromatic heterocycles. The molecule has 0 heterocycles. The number of nitrogens with one attached hydrogen (secondary N) is 1. The minimum atomic E-state index is -0.635. The maximum absolute atomic E-state index is 13.1. The highest BCUT2D eigenvalue weighted by Crippen LogP contribution is 2.17. The van der Waals surface area contributed by atoms with E-state index in [1.807, 2.05) is 32.9 Å². The van der Waals surface area contributed by atoms with Crippen LogP contribution < -0.4 is 10.1 Å². The van der Waals surface area contributed by atoms with Crippen LogP contribution in [0.5, 0.6) is 5.75 Å². The molecule has 2 aromatic rings. The zero-order valence-electron chi connectivity index (χ0n) is 17.5. The van der Waals surface area contributed by atoms with Crippen molar-refractivity contribution in [3.05, 3.63) is 64.9 Å². The van der Waals surface area contributed by atoms with E-state index >= 15 is 0 Å². The van der Waals surface area contributed by atoms with Gasteiger partial charge in [0.25, 0.3) is 5.91 Å². The van der Waals surface area contributed by atoms with Crippen molar-refractivity contribution < 1.29 is 18.7 Å². The van der Waals surface area contributed by atoms with Gasteiger partial charge in [-0.05, 0) is 54.3 Å². The van der Waals surface area contributed by atoms with Gasteiger partial charge in [0.1, 0.15) is 17.6 Å². The van der Waals surface area contributed by atoms with E-state index in [0.717, 1.165) is 5.56 Å². The third-order valence-electron chi connectivity index (χ3n) is 4.51. The van der Waals surface area contributed by atoms with Crippen LogP contribution in [0.15, 0.2) is 48.5 Å². The summed E-state index contributed by atoms with van der Waals surface area (Å²) in [7, 11) is 0. The Morgan fingerprint density at radius 3 is 2.30 bits per heavy atom. The molecule has 0 unspecified atom stereocenters. The summed E-state index contributed by atoms with van der Waals surface area (Å²) in [4.78, 5) is 27.3. The van der Waals surface area contributed by atoms with Gasteiger partial charge in [0.05, 0.1) is 0 Å². The molecule has 5 nitrogen and oxygen atoms in total. The van der Waals surface area contributed by atoms with E-state index in [4.69, 9.17) is 16.3 Å². The lowest BCUT2D eigenvalue weighted by molar-refractivity contribution is -0.143. The number of hydrogen-bond donors (Lipinski definition) is 1. The summed E-state index contributed by atoms with van der Waals surface area (Å²) < 4.78 is 18.6. The zero-order valence-corrected chi connectivity index (χ0v) is 18.3. The first-order valence-electron chi connectivity index (χ1n) is 10.00. The van der Waals surface area contributed by atoms with Crippen LogP contribution in [0.25, 0.3) is 0 Å². The van der Waals surface area contributed by atoms with E-state index in [1.165, 1.54) is 29.2 Å². The zero-order chi connectivity index (χ0) is 22.1. The van der Waals surface area contributed by atoms with Gasteiger partial charge in [0, 0.05) is 18.1 Å². The third-order valence-corrected chi connectivity index (χ3v) is 4.76. The molecule has 2 amide bonds. The smallest absolute Gasteiger partial charge is 0.261 e. The van der Waals surface area contributed by atoms with Crippen molar-refractivity contribution in [3.8, 4) is 5.75 Å². The minimum absolute atomic E-state index is 0.199. The summed E-state index contributed by atoms with van der Waals surface area (Å²) >= 11 is 5.96.